The summed E-state index contributed by atoms with van der Waals surface area (Å²) in [4.78, 5) is 3.94. The van der Waals surface area contributed by atoms with Gasteiger partial charge in [-0.2, -0.15) is 0 Å². The molecular weight excluding hydrogens is 278 g/mol. The molecule has 7 heteroatoms. The van der Waals surface area contributed by atoms with Crippen molar-refractivity contribution in [2.75, 3.05) is 11.9 Å². The number of nitrogens with one attached hydrogen (secondary N) is 2. The molecule has 0 aliphatic carbocycles. The van der Waals surface area contributed by atoms with E-state index in [2.05, 4.69) is 15.0 Å². The first-order chi connectivity index (χ1) is 9.53. The molecule has 0 saturated carbocycles. The number of anilines is 1. The standard InChI is InChI=1S/C13H17N3O3S/c1-3-14-12-5-4-8-15-13(12)20(17,18)16-9-11-7-6-10(2)19-11/h4-8,14,16H,3,9H2,1-2H3. The van der Waals surface area contributed by atoms with E-state index >= 15 is 0 Å². The van der Waals surface area contributed by atoms with Crippen LogP contribution in [0.1, 0.15) is 18.4 Å². The van der Waals surface area contributed by atoms with Gasteiger partial charge in [-0.05, 0) is 38.1 Å². The van der Waals surface area contributed by atoms with E-state index in [1.165, 1.54) is 6.20 Å². The van der Waals surface area contributed by atoms with Gasteiger partial charge < -0.3 is 9.73 Å². The van der Waals surface area contributed by atoms with Crippen LogP contribution in [0.2, 0.25) is 0 Å². The highest BCUT2D eigenvalue weighted by Crippen LogP contribution is 2.18. The second-order valence-corrected chi connectivity index (χ2v) is 5.91. The molecule has 0 unspecified atom stereocenters. The number of hydrogen-bond donors (Lipinski definition) is 2. The third kappa shape index (κ3) is 3.37. The van der Waals surface area contributed by atoms with Gasteiger partial charge in [-0.3, -0.25) is 0 Å². The summed E-state index contributed by atoms with van der Waals surface area (Å²) in [6, 6.07) is 6.89. The smallest absolute Gasteiger partial charge is 0.260 e. The van der Waals surface area contributed by atoms with Gasteiger partial charge >= 0.3 is 0 Å². The van der Waals surface area contributed by atoms with Gasteiger partial charge in [0.05, 0.1) is 12.2 Å². The summed E-state index contributed by atoms with van der Waals surface area (Å²) >= 11 is 0. The van der Waals surface area contributed by atoms with Crippen LogP contribution in [0, 0.1) is 6.92 Å². The quantitative estimate of drug-likeness (QED) is 0.850. The minimum absolute atomic E-state index is 0.00914. The lowest BCUT2D eigenvalue weighted by Crippen LogP contribution is -2.25. The molecule has 0 saturated heterocycles. The van der Waals surface area contributed by atoms with Gasteiger partial charge in [0.15, 0.2) is 5.03 Å². The maximum Gasteiger partial charge on any atom is 0.260 e. The molecule has 0 atom stereocenters. The van der Waals surface area contributed by atoms with Gasteiger partial charge in [0, 0.05) is 12.7 Å². The highest BCUT2D eigenvalue weighted by molar-refractivity contribution is 7.89. The fourth-order valence-corrected chi connectivity index (χ4v) is 2.84. The summed E-state index contributed by atoms with van der Waals surface area (Å²) in [5.41, 5.74) is 0.484. The van der Waals surface area contributed by atoms with E-state index in [-0.39, 0.29) is 11.6 Å². The summed E-state index contributed by atoms with van der Waals surface area (Å²) in [5.74, 6) is 1.30. The molecule has 0 amide bonds. The number of rotatable bonds is 6. The fourth-order valence-electron chi connectivity index (χ4n) is 1.74. The maximum absolute atomic E-state index is 12.3. The van der Waals surface area contributed by atoms with E-state index in [1.54, 1.807) is 31.2 Å². The van der Waals surface area contributed by atoms with Crippen LogP contribution >= 0.6 is 0 Å². The Hall–Kier alpha value is -1.86. The van der Waals surface area contributed by atoms with E-state index in [0.717, 1.165) is 5.76 Å². The number of sulfonamides is 1. The molecule has 6 nitrogen and oxygen atoms in total. The summed E-state index contributed by atoms with van der Waals surface area (Å²) in [6.07, 6.45) is 1.45. The SMILES string of the molecule is CCNc1cccnc1S(=O)(=O)NCc1ccc(C)o1. The fraction of sp³-hybridized carbons (Fsp3) is 0.308. The molecule has 108 valence electrons. The molecule has 0 spiro atoms. The molecule has 0 aliphatic heterocycles. The van der Waals surface area contributed by atoms with Gasteiger partial charge in [-0.1, -0.05) is 0 Å². The highest BCUT2D eigenvalue weighted by Gasteiger charge is 2.20. The lowest BCUT2D eigenvalue weighted by molar-refractivity contribution is 0.475. The molecule has 2 rings (SSSR count). The Morgan fingerprint density at radius 1 is 1.30 bits per heavy atom. The van der Waals surface area contributed by atoms with Crippen LogP contribution < -0.4 is 10.0 Å². The predicted molar refractivity (Wildman–Crippen MR) is 75.9 cm³/mol. The third-order valence-corrected chi connectivity index (χ3v) is 3.98. The Kier molecular flexibility index (Phi) is 4.41. The Bertz CT molecular complexity index is 680. The summed E-state index contributed by atoms with van der Waals surface area (Å²) in [7, 11) is -3.69. The van der Waals surface area contributed by atoms with E-state index < -0.39 is 10.0 Å². The zero-order valence-electron chi connectivity index (χ0n) is 11.4. The normalized spacial score (nSPS) is 11.5. The lowest BCUT2D eigenvalue weighted by atomic mass is 10.4. The van der Waals surface area contributed by atoms with Crippen molar-refractivity contribution in [2.24, 2.45) is 0 Å². The molecule has 20 heavy (non-hydrogen) atoms. The lowest BCUT2D eigenvalue weighted by Gasteiger charge is -2.10. The van der Waals surface area contributed by atoms with Gasteiger partial charge in [0.25, 0.3) is 10.0 Å². The average Bonchev–Trinajstić information content (AvgIpc) is 2.83. The van der Waals surface area contributed by atoms with Crippen molar-refractivity contribution in [3.05, 3.63) is 42.0 Å². The van der Waals surface area contributed by atoms with Gasteiger partial charge in [0.1, 0.15) is 11.5 Å². The van der Waals surface area contributed by atoms with Gasteiger partial charge in [-0.25, -0.2) is 18.1 Å². The number of furan rings is 1. The Labute approximate surface area is 118 Å². The first-order valence-electron chi connectivity index (χ1n) is 6.27. The first kappa shape index (κ1) is 14.5. The topological polar surface area (TPSA) is 84.2 Å². The number of hydrogen-bond acceptors (Lipinski definition) is 5. The van der Waals surface area contributed by atoms with Gasteiger partial charge in [-0.15, -0.1) is 0 Å². The van der Waals surface area contributed by atoms with Crippen molar-refractivity contribution >= 4 is 15.7 Å². The predicted octanol–water partition coefficient (Wildman–Crippen LogP) is 1.89. The van der Waals surface area contributed by atoms with Crippen LogP contribution in [0.15, 0.2) is 39.9 Å². The Balaban J connectivity index is 2.18. The minimum Gasteiger partial charge on any atom is -0.465 e. The Morgan fingerprint density at radius 2 is 2.10 bits per heavy atom. The highest BCUT2D eigenvalue weighted by atomic mass is 32.2. The monoisotopic (exact) mass is 295 g/mol. The Morgan fingerprint density at radius 3 is 2.75 bits per heavy atom. The van der Waals surface area contributed by atoms with E-state index in [4.69, 9.17) is 4.42 Å². The number of aromatic nitrogens is 1. The molecule has 2 heterocycles. The molecular formula is C13H17N3O3S. The summed E-state index contributed by atoms with van der Waals surface area (Å²) in [6.45, 7) is 4.41. The van der Waals surface area contributed by atoms with Gasteiger partial charge in [0.2, 0.25) is 0 Å². The molecule has 2 N–H and O–H groups in total. The molecule has 0 aromatic carbocycles. The molecule has 2 aromatic heterocycles. The number of aryl methyl sites for hydroxylation is 1. The third-order valence-electron chi connectivity index (χ3n) is 2.63. The van der Waals surface area contributed by atoms with Crippen LogP contribution in [0.3, 0.4) is 0 Å². The van der Waals surface area contributed by atoms with E-state index in [9.17, 15) is 8.42 Å². The number of pyridine rings is 1. The average molecular weight is 295 g/mol. The minimum atomic E-state index is -3.69. The zero-order valence-corrected chi connectivity index (χ0v) is 12.2. The van der Waals surface area contributed by atoms with Crippen LogP contribution in [0.5, 0.6) is 0 Å². The van der Waals surface area contributed by atoms with Crippen LogP contribution in [-0.4, -0.2) is 19.9 Å². The van der Waals surface area contributed by atoms with Crippen molar-refractivity contribution in [1.82, 2.24) is 9.71 Å². The van der Waals surface area contributed by atoms with Crippen molar-refractivity contribution in [3.8, 4) is 0 Å². The molecule has 0 aliphatic rings. The largest absolute Gasteiger partial charge is 0.465 e. The maximum atomic E-state index is 12.3. The second-order valence-electron chi connectivity index (χ2n) is 4.22. The first-order valence-corrected chi connectivity index (χ1v) is 7.75. The van der Waals surface area contributed by atoms with Crippen molar-refractivity contribution < 1.29 is 12.8 Å². The van der Waals surface area contributed by atoms with E-state index in [1.807, 2.05) is 6.92 Å². The zero-order chi connectivity index (χ0) is 14.6. The van der Waals surface area contributed by atoms with Crippen LogP contribution in [0.25, 0.3) is 0 Å². The summed E-state index contributed by atoms with van der Waals surface area (Å²) in [5, 5.41) is 2.97. The molecule has 0 fully saturated rings. The van der Waals surface area contributed by atoms with E-state index in [0.29, 0.717) is 18.0 Å². The molecule has 0 bridgehead atoms. The van der Waals surface area contributed by atoms with Crippen molar-refractivity contribution in [2.45, 2.75) is 25.4 Å². The van der Waals surface area contributed by atoms with Crippen LogP contribution in [-0.2, 0) is 16.6 Å². The second kappa shape index (κ2) is 6.06. The molecule has 2 aromatic rings. The van der Waals surface area contributed by atoms with Crippen molar-refractivity contribution in [3.63, 3.8) is 0 Å². The van der Waals surface area contributed by atoms with Crippen LogP contribution in [0.4, 0.5) is 5.69 Å². The number of nitrogens with zero attached hydrogens (tertiary/aromatic N) is 1. The van der Waals surface area contributed by atoms with Crippen molar-refractivity contribution in [1.29, 1.82) is 0 Å². The molecule has 0 radical (unpaired) electrons. The summed E-state index contributed by atoms with van der Waals surface area (Å²) < 4.78 is 32.3.